The van der Waals surface area contributed by atoms with Gasteiger partial charge in [0, 0.05) is 38.8 Å². The van der Waals surface area contributed by atoms with E-state index >= 15 is 0 Å². The van der Waals surface area contributed by atoms with Crippen LogP contribution in [0.15, 0.2) is 18.3 Å². The van der Waals surface area contributed by atoms with Crippen LogP contribution < -0.4 is 4.90 Å². The molecular weight excluding hydrogens is 312 g/mol. The maximum atomic E-state index is 12.4. The summed E-state index contributed by atoms with van der Waals surface area (Å²) < 4.78 is 0. The number of piperazine rings is 1. The monoisotopic (exact) mass is 340 g/mol. The number of nitriles is 1. The van der Waals surface area contributed by atoms with Crippen molar-refractivity contribution in [1.29, 1.82) is 5.26 Å². The summed E-state index contributed by atoms with van der Waals surface area (Å²) in [6.07, 6.45) is 11.5. The minimum Gasteiger partial charge on any atom is -0.352 e. The summed E-state index contributed by atoms with van der Waals surface area (Å²) in [5, 5.41) is 9.21. The van der Waals surface area contributed by atoms with Crippen molar-refractivity contribution in [2.75, 3.05) is 31.1 Å². The minimum absolute atomic E-state index is 0.289. The smallest absolute Gasteiger partial charge is 0.222 e. The molecule has 2 aliphatic rings. The second-order valence-electron chi connectivity index (χ2n) is 7.25. The lowest BCUT2D eigenvalue weighted by molar-refractivity contribution is -0.131. The number of carbonyl (C=O) groups excluding carboxylic acids is 1. The second kappa shape index (κ2) is 8.84. The predicted molar refractivity (Wildman–Crippen MR) is 98.2 cm³/mol. The van der Waals surface area contributed by atoms with Gasteiger partial charge in [-0.15, -0.1) is 0 Å². The number of nitrogens with zero attached hydrogens (tertiary/aromatic N) is 4. The molecule has 5 heteroatoms. The van der Waals surface area contributed by atoms with Crippen molar-refractivity contribution in [2.45, 2.75) is 51.4 Å². The topological polar surface area (TPSA) is 60.2 Å². The molecule has 1 saturated heterocycles. The predicted octanol–water partition coefficient (Wildman–Crippen LogP) is 3.35. The SMILES string of the molecule is N#Cc1cccnc1N1CCN(C(=O)CCCC2CCCCC2)CC1. The molecule has 1 aliphatic carbocycles. The second-order valence-corrected chi connectivity index (χ2v) is 7.25. The third-order valence-corrected chi connectivity index (χ3v) is 5.57. The van der Waals surface area contributed by atoms with Gasteiger partial charge in [-0.1, -0.05) is 32.1 Å². The van der Waals surface area contributed by atoms with Gasteiger partial charge in [0.05, 0.1) is 5.56 Å². The Hall–Kier alpha value is -2.09. The number of hydrogen-bond donors (Lipinski definition) is 0. The Morgan fingerprint density at radius 3 is 2.68 bits per heavy atom. The van der Waals surface area contributed by atoms with Crippen LogP contribution in [-0.4, -0.2) is 42.0 Å². The van der Waals surface area contributed by atoms with Crippen LogP contribution in [0.4, 0.5) is 5.82 Å². The largest absolute Gasteiger partial charge is 0.352 e. The highest BCUT2D eigenvalue weighted by atomic mass is 16.2. The van der Waals surface area contributed by atoms with Crippen LogP contribution in [0.3, 0.4) is 0 Å². The molecule has 0 unspecified atom stereocenters. The maximum Gasteiger partial charge on any atom is 0.222 e. The van der Waals surface area contributed by atoms with Gasteiger partial charge in [-0.3, -0.25) is 4.79 Å². The number of pyridine rings is 1. The molecule has 0 aromatic carbocycles. The summed E-state index contributed by atoms with van der Waals surface area (Å²) in [4.78, 5) is 20.9. The van der Waals surface area contributed by atoms with Crippen LogP contribution in [0, 0.1) is 17.2 Å². The fourth-order valence-electron chi connectivity index (χ4n) is 4.08. The van der Waals surface area contributed by atoms with E-state index in [1.54, 1.807) is 18.3 Å². The molecule has 3 rings (SSSR count). The fraction of sp³-hybridized carbons (Fsp3) is 0.650. The van der Waals surface area contributed by atoms with Gasteiger partial charge in [-0.25, -0.2) is 4.98 Å². The molecule has 1 aromatic rings. The van der Waals surface area contributed by atoms with Gasteiger partial charge in [0.15, 0.2) is 0 Å². The summed E-state index contributed by atoms with van der Waals surface area (Å²) in [6, 6.07) is 5.78. The molecule has 25 heavy (non-hydrogen) atoms. The Kier molecular flexibility index (Phi) is 6.27. The summed E-state index contributed by atoms with van der Waals surface area (Å²) in [5.74, 6) is 1.89. The fourth-order valence-corrected chi connectivity index (χ4v) is 4.08. The first-order chi connectivity index (χ1) is 12.3. The van der Waals surface area contributed by atoms with Gasteiger partial charge in [0.1, 0.15) is 11.9 Å². The van der Waals surface area contributed by atoms with Gasteiger partial charge < -0.3 is 9.80 Å². The van der Waals surface area contributed by atoms with Gasteiger partial charge in [0.2, 0.25) is 5.91 Å². The highest BCUT2D eigenvalue weighted by molar-refractivity contribution is 5.76. The lowest BCUT2D eigenvalue weighted by atomic mass is 9.86. The normalized spacial score (nSPS) is 18.8. The summed E-state index contributed by atoms with van der Waals surface area (Å²) in [5.41, 5.74) is 0.606. The highest BCUT2D eigenvalue weighted by Crippen LogP contribution is 2.28. The summed E-state index contributed by atoms with van der Waals surface area (Å²) in [7, 11) is 0. The molecule has 2 fully saturated rings. The van der Waals surface area contributed by atoms with Crippen molar-refractivity contribution in [3.63, 3.8) is 0 Å². The number of aromatic nitrogens is 1. The van der Waals surface area contributed by atoms with Crippen LogP contribution >= 0.6 is 0 Å². The van der Waals surface area contributed by atoms with Gasteiger partial charge in [-0.05, 0) is 30.9 Å². The zero-order valence-corrected chi connectivity index (χ0v) is 15.0. The van der Waals surface area contributed by atoms with Crippen LogP contribution in [0.2, 0.25) is 0 Å². The Balaban J connectivity index is 1.42. The molecule has 1 aromatic heterocycles. The quantitative estimate of drug-likeness (QED) is 0.825. The molecular formula is C20H28N4O. The van der Waals surface area contributed by atoms with E-state index in [1.807, 2.05) is 4.90 Å². The van der Waals surface area contributed by atoms with Crippen molar-refractivity contribution in [2.24, 2.45) is 5.92 Å². The van der Waals surface area contributed by atoms with Crippen LogP contribution in [0.5, 0.6) is 0 Å². The van der Waals surface area contributed by atoms with E-state index in [0.29, 0.717) is 12.0 Å². The highest BCUT2D eigenvalue weighted by Gasteiger charge is 2.23. The van der Waals surface area contributed by atoms with E-state index < -0.39 is 0 Å². The molecule has 1 amide bonds. The van der Waals surface area contributed by atoms with E-state index in [1.165, 1.54) is 38.5 Å². The van der Waals surface area contributed by atoms with Crippen LogP contribution in [-0.2, 0) is 4.79 Å². The van der Waals surface area contributed by atoms with E-state index in [4.69, 9.17) is 0 Å². The zero-order valence-electron chi connectivity index (χ0n) is 15.0. The third-order valence-electron chi connectivity index (χ3n) is 5.57. The molecule has 1 aliphatic heterocycles. The first-order valence-electron chi connectivity index (χ1n) is 9.66. The molecule has 5 nitrogen and oxygen atoms in total. The van der Waals surface area contributed by atoms with E-state index in [9.17, 15) is 10.1 Å². The Morgan fingerprint density at radius 2 is 1.96 bits per heavy atom. The Bertz CT molecular complexity index is 610. The maximum absolute atomic E-state index is 12.4. The zero-order chi connectivity index (χ0) is 17.5. The number of rotatable bonds is 5. The minimum atomic E-state index is 0.289. The molecule has 2 heterocycles. The Morgan fingerprint density at radius 1 is 1.20 bits per heavy atom. The number of amides is 1. The van der Waals surface area contributed by atoms with Crippen molar-refractivity contribution in [1.82, 2.24) is 9.88 Å². The lowest BCUT2D eigenvalue weighted by Gasteiger charge is -2.35. The van der Waals surface area contributed by atoms with Crippen LogP contribution in [0.25, 0.3) is 0 Å². The average molecular weight is 340 g/mol. The molecule has 0 atom stereocenters. The molecule has 134 valence electrons. The molecule has 0 bridgehead atoms. The van der Waals surface area contributed by atoms with Gasteiger partial charge >= 0.3 is 0 Å². The van der Waals surface area contributed by atoms with E-state index in [2.05, 4.69) is 16.0 Å². The molecule has 0 N–H and O–H groups in total. The lowest BCUT2D eigenvalue weighted by Crippen LogP contribution is -2.49. The van der Waals surface area contributed by atoms with Crippen molar-refractivity contribution in [3.05, 3.63) is 23.9 Å². The van der Waals surface area contributed by atoms with Crippen molar-refractivity contribution < 1.29 is 4.79 Å². The summed E-state index contributed by atoms with van der Waals surface area (Å²) >= 11 is 0. The van der Waals surface area contributed by atoms with Gasteiger partial charge in [-0.2, -0.15) is 5.26 Å². The third kappa shape index (κ3) is 4.72. The van der Waals surface area contributed by atoms with Crippen molar-refractivity contribution >= 4 is 11.7 Å². The van der Waals surface area contributed by atoms with Gasteiger partial charge in [0.25, 0.3) is 0 Å². The molecule has 1 saturated carbocycles. The van der Waals surface area contributed by atoms with Crippen molar-refractivity contribution in [3.8, 4) is 6.07 Å². The van der Waals surface area contributed by atoms with E-state index in [-0.39, 0.29) is 5.91 Å². The first-order valence-corrected chi connectivity index (χ1v) is 9.66. The average Bonchev–Trinajstić information content (AvgIpc) is 2.69. The standard InChI is InChI=1S/C20H28N4O/c21-16-18-9-5-11-22-20(18)24-14-12-23(13-15-24)19(25)10-4-8-17-6-2-1-3-7-17/h5,9,11,17H,1-4,6-8,10,12-15H2. The number of anilines is 1. The molecule has 0 radical (unpaired) electrons. The molecule has 0 spiro atoms. The Labute approximate surface area is 150 Å². The van der Waals surface area contributed by atoms with Crippen LogP contribution in [0.1, 0.15) is 56.9 Å². The number of carbonyl (C=O) groups is 1. The summed E-state index contributed by atoms with van der Waals surface area (Å²) in [6.45, 7) is 2.95. The number of hydrogen-bond acceptors (Lipinski definition) is 4. The van der Waals surface area contributed by atoms with E-state index in [0.717, 1.165) is 44.3 Å². The first kappa shape index (κ1) is 17.7.